The molecule has 4 aliphatic carbocycles. The van der Waals surface area contributed by atoms with E-state index in [2.05, 4.69) is 33.5 Å². The lowest BCUT2D eigenvalue weighted by atomic mass is 9.45. The summed E-state index contributed by atoms with van der Waals surface area (Å²) in [6.45, 7) is 11.7. The minimum absolute atomic E-state index is 0.00443. The smallest absolute Gasteiger partial charge is 0.184 e. The van der Waals surface area contributed by atoms with Gasteiger partial charge in [-0.3, -0.25) is 9.59 Å². The molecule has 4 heteroatoms. The lowest BCUT2D eigenvalue weighted by Crippen LogP contribution is -2.57. The van der Waals surface area contributed by atoms with Crippen LogP contribution in [0.5, 0.6) is 0 Å². The molecule has 0 radical (unpaired) electrons. The number of hydrogen-bond donors (Lipinski definition) is 0. The molecule has 4 rings (SSSR count). The van der Waals surface area contributed by atoms with Crippen LogP contribution >= 0.6 is 0 Å². The molecule has 3 nitrogen and oxygen atoms in total. The Kier molecular flexibility index (Phi) is 4.36. The molecular formula is C22H36O3Si. The lowest BCUT2D eigenvalue weighted by molar-refractivity contribution is -0.159. The maximum Gasteiger partial charge on any atom is 0.184 e. The van der Waals surface area contributed by atoms with Crippen LogP contribution in [-0.2, 0) is 14.0 Å². The summed E-state index contributed by atoms with van der Waals surface area (Å²) < 4.78 is 6.63. The molecule has 0 amide bonds. The first kappa shape index (κ1) is 18.9. The van der Waals surface area contributed by atoms with E-state index >= 15 is 0 Å². The quantitative estimate of drug-likeness (QED) is 0.637. The maximum absolute atomic E-state index is 13.1. The Morgan fingerprint density at radius 2 is 1.62 bits per heavy atom. The van der Waals surface area contributed by atoms with E-state index in [1.54, 1.807) is 0 Å². The number of ketones is 2. The minimum Gasteiger partial charge on any atom is -0.414 e. The van der Waals surface area contributed by atoms with Crippen LogP contribution in [0.15, 0.2) is 0 Å². The van der Waals surface area contributed by atoms with Crippen LogP contribution in [0.1, 0.15) is 65.2 Å². The molecule has 0 bridgehead atoms. The number of carbonyl (C=O) groups excluding carboxylic acids is 2. The van der Waals surface area contributed by atoms with Crippen LogP contribution in [-0.4, -0.2) is 26.0 Å². The summed E-state index contributed by atoms with van der Waals surface area (Å²) >= 11 is 0. The molecule has 26 heavy (non-hydrogen) atoms. The number of hydrogen-bond acceptors (Lipinski definition) is 3. The van der Waals surface area contributed by atoms with Gasteiger partial charge in [0.1, 0.15) is 11.6 Å². The third-order valence-corrected chi connectivity index (χ3v) is 9.68. The number of rotatable bonds is 2. The summed E-state index contributed by atoms with van der Waals surface area (Å²) in [6, 6.07) is 0. The Balaban J connectivity index is 1.62. The second-order valence-electron chi connectivity index (χ2n) is 11.2. The summed E-state index contributed by atoms with van der Waals surface area (Å²) in [4.78, 5) is 25.1. The van der Waals surface area contributed by atoms with Crippen molar-refractivity contribution in [3.05, 3.63) is 0 Å². The van der Waals surface area contributed by atoms with Gasteiger partial charge in [-0.2, -0.15) is 0 Å². The Labute approximate surface area is 159 Å². The van der Waals surface area contributed by atoms with E-state index < -0.39 is 8.32 Å². The molecule has 4 saturated carbocycles. The highest BCUT2D eigenvalue weighted by Crippen LogP contribution is 2.65. The molecule has 4 fully saturated rings. The second-order valence-corrected chi connectivity index (χ2v) is 15.6. The molecule has 0 saturated heterocycles. The van der Waals surface area contributed by atoms with Gasteiger partial charge in [0.05, 0.1) is 6.10 Å². The topological polar surface area (TPSA) is 43.4 Å². The molecule has 4 aliphatic rings. The fraction of sp³-hybridized carbons (Fsp3) is 0.909. The van der Waals surface area contributed by atoms with E-state index in [-0.39, 0.29) is 16.7 Å². The van der Waals surface area contributed by atoms with Crippen LogP contribution in [0.3, 0.4) is 0 Å². The van der Waals surface area contributed by atoms with Crippen LogP contribution in [0.25, 0.3) is 0 Å². The molecule has 0 aromatic carbocycles. The second kappa shape index (κ2) is 6.01. The molecule has 0 N–H and O–H groups in total. The van der Waals surface area contributed by atoms with Gasteiger partial charge in [0.25, 0.3) is 0 Å². The molecule has 0 aliphatic heterocycles. The van der Waals surface area contributed by atoms with Gasteiger partial charge in [0, 0.05) is 25.2 Å². The number of carbonyl (C=O) groups is 2. The molecule has 146 valence electrons. The molecule has 0 unspecified atom stereocenters. The van der Waals surface area contributed by atoms with Crippen molar-refractivity contribution in [2.45, 2.75) is 91.0 Å². The largest absolute Gasteiger partial charge is 0.414 e. The van der Waals surface area contributed by atoms with E-state index in [9.17, 15) is 9.59 Å². The van der Waals surface area contributed by atoms with Gasteiger partial charge in [-0.15, -0.1) is 0 Å². The average molecular weight is 377 g/mol. The normalized spacial score (nSPS) is 48.7. The first-order valence-corrected chi connectivity index (χ1v) is 14.2. The highest BCUT2D eigenvalue weighted by atomic mass is 28.4. The molecule has 0 aromatic heterocycles. The molecule has 0 spiro atoms. The SMILES string of the molecule is C[C@]12CCC(=O)C[C@@H]1C(=O)C[C@@H]1[C@@H]2CC[C@]2(C)[C@@H](O[Si](C)(C)C)CC[C@@H]12. The Hall–Kier alpha value is -0.483. The number of fused-ring (bicyclic) bond motifs is 5. The van der Waals surface area contributed by atoms with Crippen LogP contribution in [0.2, 0.25) is 19.6 Å². The number of Topliss-reactive ketones (excluding diaryl/α,β-unsaturated/α-hetero) is 2. The zero-order valence-corrected chi connectivity index (χ0v) is 18.3. The highest BCUT2D eigenvalue weighted by molar-refractivity contribution is 6.69. The van der Waals surface area contributed by atoms with Crippen molar-refractivity contribution in [2.75, 3.05) is 0 Å². The fourth-order valence-electron chi connectivity index (χ4n) is 7.41. The van der Waals surface area contributed by atoms with Crippen LogP contribution in [0.4, 0.5) is 0 Å². The van der Waals surface area contributed by atoms with Gasteiger partial charge in [-0.1, -0.05) is 13.8 Å². The summed E-state index contributed by atoms with van der Waals surface area (Å²) in [7, 11) is -1.56. The fourth-order valence-corrected chi connectivity index (χ4v) is 8.65. The van der Waals surface area contributed by atoms with Gasteiger partial charge in [0.15, 0.2) is 8.32 Å². The zero-order valence-electron chi connectivity index (χ0n) is 17.3. The van der Waals surface area contributed by atoms with E-state index in [4.69, 9.17) is 4.43 Å². The van der Waals surface area contributed by atoms with Crippen molar-refractivity contribution in [1.82, 2.24) is 0 Å². The predicted octanol–water partition coefficient (Wildman–Crippen LogP) is 5.00. The zero-order chi connectivity index (χ0) is 18.9. The van der Waals surface area contributed by atoms with Crippen molar-refractivity contribution in [2.24, 2.45) is 34.5 Å². The van der Waals surface area contributed by atoms with Crippen molar-refractivity contribution in [1.29, 1.82) is 0 Å². The van der Waals surface area contributed by atoms with Crippen molar-refractivity contribution >= 4 is 19.9 Å². The summed E-state index contributed by atoms with van der Waals surface area (Å²) in [5.41, 5.74) is 0.308. The van der Waals surface area contributed by atoms with Gasteiger partial charge in [-0.05, 0) is 80.3 Å². The highest BCUT2D eigenvalue weighted by Gasteiger charge is 2.62. The molecule has 0 aromatic rings. The summed E-state index contributed by atoms with van der Waals surface area (Å²) in [5, 5.41) is 0. The first-order chi connectivity index (χ1) is 12.0. The molecule has 7 atom stereocenters. The Morgan fingerprint density at radius 3 is 2.31 bits per heavy atom. The Morgan fingerprint density at radius 1 is 0.923 bits per heavy atom. The van der Waals surface area contributed by atoms with E-state index in [1.165, 1.54) is 25.7 Å². The first-order valence-electron chi connectivity index (χ1n) is 10.8. The van der Waals surface area contributed by atoms with E-state index in [0.717, 1.165) is 12.8 Å². The monoisotopic (exact) mass is 376 g/mol. The van der Waals surface area contributed by atoms with E-state index in [0.29, 0.717) is 48.3 Å². The van der Waals surface area contributed by atoms with Crippen LogP contribution in [0, 0.1) is 34.5 Å². The standard InChI is InChI=1S/C22H36O3Si/c1-21-10-8-14(23)12-18(21)19(24)13-15-16-6-7-20(25-26(3,4)5)22(16,2)11-9-17(15)21/h15-18,20H,6-13H2,1-5H3/t15-,16-,17-,18+,20-,21+,22-/m0/s1. The lowest BCUT2D eigenvalue weighted by Gasteiger charge is -2.59. The molecule has 0 heterocycles. The minimum atomic E-state index is -1.56. The van der Waals surface area contributed by atoms with Gasteiger partial charge in [-0.25, -0.2) is 0 Å². The summed E-state index contributed by atoms with van der Waals surface area (Å²) in [5.74, 6) is 2.48. The van der Waals surface area contributed by atoms with Crippen molar-refractivity contribution < 1.29 is 14.0 Å². The van der Waals surface area contributed by atoms with Crippen LogP contribution < -0.4 is 0 Å². The Bertz CT molecular complexity index is 623. The maximum atomic E-state index is 13.1. The third kappa shape index (κ3) is 2.78. The van der Waals surface area contributed by atoms with Crippen molar-refractivity contribution in [3.8, 4) is 0 Å². The molecular weight excluding hydrogens is 340 g/mol. The third-order valence-electron chi connectivity index (χ3n) is 8.69. The van der Waals surface area contributed by atoms with E-state index in [1.807, 2.05) is 0 Å². The van der Waals surface area contributed by atoms with Crippen molar-refractivity contribution in [3.63, 3.8) is 0 Å². The summed E-state index contributed by atoms with van der Waals surface area (Å²) in [6.07, 6.45) is 8.08. The predicted molar refractivity (Wildman–Crippen MR) is 105 cm³/mol. The van der Waals surface area contributed by atoms with Gasteiger partial charge < -0.3 is 4.43 Å². The average Bonchev–Trinajstić information content (AvgIpc) is 2.85. The van der Waals surface area contributed by atoms with Gasteiger partial charge in [0.2, 0.25) is 0 Å². The van der Waals surface area contributed by atoms with Gasteiger partial charge >= 0.3 is 0 Å².